The average Bonchev–Trinajstić information content (AvgIpc) is 0.811. The van der Waals surface area contributed by atoms with Crippen LogP contribution in [-0.4, -0.2) is 11.5 Å². The van der Waals surface area contributed by atoms with Gasteiger partial charge in [-0.1, -0.05) is 0 Å². The third-order valence-electron chi connectivity index (χ3n) is 0. The molecule has 0 rings (SSSR count). The lowest BCUT2D eigenvalue weighted by Crippen LogP contribution is -2.18. The summed E-state index contributed by atoms with van der Waals surface area (Å²) in [6.07, 6.45) is 0. The van der Waals surface area contributed by atoms with E-state index < -0.39 is 6.03 Å². The van der Waals surface area contributed by atoms with Gasteiger partial charge in [0.15, 0.2) is 0 Å². The average molecular weight is 159 g/mol. The van der Waals surface area contributed by atoms with Gasteiger partial charge < -0.3 is 16.9 Å². The minimum atomic E-state index is -0.833. The number of hydrogen-bond acceptors (Lipinski definition) is 1. The topological polar surface area (TPSA) is 101 Å². The Hall–Kier alpha value is -0.290. The summed E-state index contributed by atoms with van der Waals surface area (Å²) in [5, 5.41) is 0. The molecule has 6 N–H and O–H groups in total. The van der Waals surface area contributed by atoms with Crippen molar-refractivity contribution < 1.29 is 10.3 Å². The van der Waals surface area contributed by atoms with E-state index in [1.54, 1.807) is 0 Å². The first kappa shape index (κ1) is 17.2. The minimum Gasteiger partial charge on any atom is -0.412 e. The van der Waals surface area contributed by atoms with Gasteiger partial charge in [-0.25, -0.2) is 4.79 Å². The van der Waals surface area contributed by atoms with Crippen LogP contribution in [0.4, 0.5) is 4.79 Å². The minimum absolute atomic E-state index is 0. The highest BCUT2D eigenvalue weighted by Crippen LogP contribution is 1.25. The first-order chi connectivity index (χ1) is 1.73. The van der Waals surface area contributed by atoms with E-state index in [0.717, 1.165) is 0 Å². The summed E-state index contributed by atoms with van der Waals surface area (Å²) < 4.78 is 0. The monoisotopic (exact) mass is 158 g/mol. The summed E-state index contributed by atoms with van der Waals surface area (Å²) in [6.45, 7) is 0. The fraction of sp³-hybridized carbons (Fsp3) is 0. The summed E-state index contributed by atoms with van der Waals surface area (Å²) in [5.41, 5.74) is 8.50. The van der Waals surface area contributed by atoms with Crippen molar-refractivity contribution in [2.75, 3.05) is 0 Å². The number of amides is 2. The lowest BCUT2D eigenvalue weighted by molar-refractivity contribution is 0.256. The van der Waals surface area contributed by atoms with Crippen molar-refractivity contribution >= 4 is 23.0 Å². The van der Waals surface area contributed by atoms with E-state index in [1.165, 1.54) is 0 Å². The van der Waals surface area contributed by atoms with Crippen LogP contribution in [-0.2, 0) is 0 Å². The fourth-order valence-electron chi connectivity index (χ4n) is 0. The number of primary amides is 2. The molecule has 0 aromatic rings. The number of hydrogen-bond donors (Lipinski definition) is 2. The molecule has 0 radical (unpaired) electrons. The molecular formula is CH7BrN2O2. The lowest BCUT2D eigenvalue weighted by Gasteiger charge is -1.62. The smallest absolute Gasteiger partial charge is 0.309 e. The highest BCUT2D eigenvalue weighted by Gasteiger charge is 1.60. The molecule has 0 atom stereocenters. The predicted molar refractivity (Wildman–Crippen MR) is 27.7 cm³/mol. The number of nitrogens with two attached hydrogens (primary N) is 2. The van der Waals surface area contributed by atoms with Crippen molar-refractivity contribution in [3.05, 3.63) is 0 Å². The third kappa shape index (κ3) is 324. The Labute approximate surface area is 45.6 Å². The highest BCUT2D eigenvalue weighted by molar-refractivity contribution is 8.93. The predicted octanol–water partition coefficient (Wildman–Crippen LogP) is -1.22. The molecule has 0 saturated heterocycles. The SMILES string of the molecule is Br.NC(N)=O.O. The van der Waals surface area contributed by atoms with Gasteiger partial charge in [-0.15, -0.1) is 17.0 Å². The number of carbonyl (C=O) groups excluding carboxylic acids is 1. The number of halogens is 1. The molecular weight excluding hydrogens is 152 g/mol. The zero-order chi connectivity index (χ0) is 3.58. The van der Waals surface area contributed by atoms with Crippen LogP contribution in [0.3, 0.4) is 0 Å². The van der Waals surface area contributed by atoms with E-state index in [1.807, 2.05) is 0 Å². The van der Waals surface area contributed by atoms with E-state index in [4.69, 9.17) is 4.79 Å². The van der Waals surface area contributed by atoms with Crippen LogP contribution >= 0.6 is 17.0 Å². The summed E-state index contributed by atoms with van der Waals surface area (Å²) >= 11 is 0. The Morgan fingerprint density at radius 3 is 1.33 bits per heavy atom. The molecule has 0 heterocycles. The Bertz CT molecular complexity index is 34.5. The number of urea groups is 1. The van der Waals surface area contributed by atoms with E-state index in [-0.39, 0.29) is 22.5 Å². The highest BCUT2D eigenvalue weighted by atomic mass is 79.9. The van der Waals surface area contributed by atoms with Crippen LogP contribution in [0.25, 0.3) is 0 Å². The summed E-state index contributed by atoms with van der Waals surface area (Å²) in [7, 11) is 0. The normalized spacial score (nSPS) is 4.00. The maximum atomic E-state index is 9.00. The van der Waals surface area contributed by atoms with Gasteiger partial charge in [-0.3, -0.25) is 0 Å². The zero-order valence-electron chi connectivity index (χ0n) is 2.97. The molecule has 0 bridgehead atoms. The second-order valence-corrected chi connectivity index (χ2v) is 0.402. The molecule has 0 saturated carbocycles. The van der Waals surface area contributed by atoms with Crippen molar-refractivity contribution in [2.24, 2.45) is 11.5 Å². The third-order valence-corrected chi connectivity index (χ3v) is 0. The molecule has 0 aliphatic rings. The molecule has 0 aromatic heterocycles. The zero-order valence-corrected chi connectivity index (χ0v) is 4.68. The molecule has 40 valence electrons. The van der Waals surface area contributed by atoms with E-state index >= 15 is 0 Å². The first-order valence-electron chi connectivity index (χ1n) is 0.781. The van der Waals surface area contributed by atoms with E-state index in [0.29, 0.717) is 0 Å². The van der Waals surface area contributed by atoms with Gasteiger partial charge >= 0.3 is 6.03 Å². The van der Waals surface area contributed by atoms with Crippen molar-refractivity contribution in [3.8, 4) is 0 Å². The second-order valence-electron chi connectivity index (χ2n) is 0.402. The van der Waals surface area contributed by atoms with E-state index in [9.17, 15) is 0 Å². The van der Waals surface area contributed by atoms with Crippen LogP contribution in [0, 0.1) is 0 Å². The Kier molecular flexibility index (Phi) is 25.4. The summed E-state index contributed by atoms with van der Waals surface area (Å²) in [4.78, 5) is 9.00. The van der Waals surface area contributed by atoms with Crippen LogP contribution in [0.2, 0.25) is 0 Å². The number of carbonyl (C=O) groups is 1. The molecule has 0 unspecified atom stereocenters. The van der Waals surface area contributed by atoms with Gasteiger partial charge in [0.05, 0.1) is 0 Å². The standard InChI is InChI=1S/CH4N2O.BrH.H2O/c2-1(3)4;;/h(H4,2,3,4);1H;1H2. The van der Waals surface area contributed by atoms with Gasteiger partial charge in [0.2, 0.25) is 0 Å². The molecule has 2 amide bonds. The summed E-state index contributed by atoms with van der Waals surface area (Å²) in [5.74, 6) is 0. The van der Waals surface area contributed by atoms with E-state index in [2.05, 4.69) is 11.5 Å². The van der Waals surface area contributed by atoms with Crippen molar-refractivity contribution in [1.82, 2.24) is 0 Å². The largest absolute Gasteiger partial charge is 0.412 e. The summed E-state index contributed by atoms with van der Waals surface area (Å²) in [6, 6.07) is -0.833. The van der Waals surface area contributed by atoms with Crippen LogP contribution in [0.1, 0.15) is 0 Å². The van der Waals surface area contributed by atoms with Gasteiger partial charge in [0, 0.05) is 0 Å². The maximum Gasteiger partial charge on any atom is 0.309 e. The molecule has 0 spiro atoms. The van der Waals surface area contributed by atoms with Crippen molar-refractivity contribution in [2.45, 2.75) is 0 Å². The van der Waals surface area contributed by atoms with Crippen molar-refractivity contribution in [1.29, 1.82) is 0 Å². The Morgan fingerprint density at radius 2 is 1.33 bits per heavy atom. The molecule has 4 nitrogen and oxygen atoms in total. The van der Waals surface area contributed by atoms with Crippen LogP contribution in [0.5, 0.6) is 0 Å². The Balaban J connectivity index is -0.0000000450. The quantitative estimate of drug-likeness (QED) is 0.454. The Morgan fingerprint density at radius 1 is 1.33 bits per heavy atom. The molecule has 0 aromatic carbocycles. The van der Waals surface area contributed by atoms with Gasteiger partial charge in [-0.05, 0) is 0 Å². The van der Waals surface area contributed by atoms with Gasteiger partial charge in [-0.2, -0.15) is 0 Å². The first-order valence-corrected chi connectivity index (χ1v) is 0.781. The lowest BCUT2D eigenvalue weighted by atomic mass is 11.2. The van der Waals surface area contributed by atoms with Gasteiger partial charge in [0.25, 0.3) is 0 Å². The van der Waals surface area contributed by atoms with Gasteiger partial charge in [0.1, 0.15) is 0 Å². The number of rotatable bonds is 0. The molecule has 0 aliphatic heterocycles. The molecule has 5 heteroatoms. The maximum absolute atomic E-state index is 9.00. The molecule has 0 aliphatic carbocycles. The second kappa shape index (κ2) is 8.83. The fourth-order valence-corrected chi connectivity index (χ4v) is 0. The molecule has 0 fully saturated rings. The van der Waals surface area contributed by atoms with Crippen LogP contribution < -0.4 is 11.5 Å². The molecule has 6 heavy (non-hydrogen) atoms. The van der Waals surface area contributed by atoms with Crippen molar-refractivity contribution in [3.63, 3.8) is 0 Å². The van der Waals surface area contributed by atoms with Crippen LogP contribution in [0.15, 0.2) is 0 Å².